The number of hydrogen-bond acceptors (Lipinski definition) is 4. The highest BCUT2D eigenvalue weighted by atomic mass is 32.2. The lowest BCUT2D eigenvalue weighted by Gasteiger charge is -2.19. The predicted molar refractivity (Wildman–Crippen MR) is 108 cm³/mol. The third-order valence-electron chi connectivity index (χ3n) is 4.40. The summed E-state index contributed by atoms with van der Waals surface area (Å²) in [5, 5.41) is 2.70. The van der Waals surface area contributed by atoms with Crippen LogP contribution in [0, 0.1) is 0 Å². The van der Waals surface area contributed by atoms with Crippen LogP contribution in [0.15, 0.2) is 54.6 Å². The molecule has 0 spiro atoms. The van der Waals surface area contributed by atoms with Gasteiger partial charge in [-0.15, -0.1) is 0 Å². The van der Waals surface area contributed by atoms with Crippen molar-refractivity contribution in [2.24, 2.45) is 0 Å². The van der Waals surface area contributed by atoms with E-state index < -0.39 is 10.0 Å². The summed E-state index contributed by atoms with van der Waals surface area (Å²) in [5.41, 5.74) is 1.62. The summed E-state index contributed by atoms with van der Waals surface area (Å²) >= 11 is 0. The second-order valence-electron chi connectivity index (χ2n) is 6.35. The second-order valence-corrected chi connectivity index (χ2v) is 8.47. The fourth-order valence-electron chi connectivity index (χ4n) is 2.66. The molecule has 0 saturated carbocycles. The number of amides is 1. The van der Waals surface area contributed by atoms with Gasteiger partial charge in [0, 0.05) is 20.0 Å². The number of ether oxygens (including phenoxy) is 1. The van der Waals surface area contributed by atoms with Crippen LogP contribution in [0.5, 0.6) is 5.75 Å². The molecule has 0 heterocycles. The predicted octanol–water partition coefficient (Wildman–Crippen LogP) is 2.77. The molecule has 146 valence electrons. The van der Waals surface area contributed by atoms with Gasteiger partial charge in [0.15, 0.2) is 0 Å². The molecule has 0 aliphatic rings. The largest absolute Gasteiger partial charge is 0.497 e. The minimum atomic E-state index is -3.49. The number of carbonyl (C=O) groups is 1. The van der Waals surface area contributed by atoms with E-state index in [0.717, 1.165) is 11.3 Å². The lowest BCUT2D eigenvalue weighted by molar-refractivity contribution is -0.121. The summed E-state index contributed by atoms with van der Waals surface area (Å²) < 4.78 is 31.1. The lowest BCUT2D eigenvalue weighted by atomic mass is 9.97. The first kappa shape index (κ1) is 20.8. The van der Waals surface area contributed by atoms with Crippen LogP contribution in [-0.2, 0) is 14.8 Å². The molecule has 2 rings (SSSR count). The maximum absolute atomic E-state index is 12.4. The molecule has 27 heavy (non-hydrogen) atoms. The summed E-state index contributed by atoms with van der Waals surface area (Å²) in [6, 6.07) is 16.4. The van der Waals surface area contributed by atoms with Crippen molar-refractivity contribution in [2.45, 2.75) is 19.3 Å². The zero-order valence-corrected chi connectivity index (χ0v) is 16.7. The third-order valence-corrected chi connectivity index (χ3v) is 6.16. The maximum Gasteiger partial charge on any atom is 0.236 e. The molecule has 2 aromatic carbocycles. The van der Waals surface area contributed by atoms with Gasteiger partial charge < -0.3 is 10.1 Å². The number of rotatable bonds is 9. The normalized spacial score (nSPS) is 12.3. The Hall–Kier alpha value is -2.54. The molecule has 6 nitrogen and oxygen atoms in total. The van der Waals surface area contributed by atoms with Gasteiger partial charge in [0.05, 0.1) is 18.6 Å². The van der Waals surface area contributed by atoms with E-state index >= 15 is 0 Å². The SMILES string of the molecule is COc1ccc(C(C)CC(=O)NCCS(=O)(=O)N(C)c2ccccc2)cc1. The summed E-state index contributed by atoms with van der Waals surface area (Å²) in [6.07, 6.45) is 0.293. The fourth-order valence-corrected chi connectivity index (χ4v) is 3.73. The Morgan fingerprint density at radius 2 is 1.74 bits per heavy atom. The molecule has 0 aromatic heterocycles. The van der Waals surface area contributed by atoms with Crippen molar-refractivity contribution in [3.8, 4) is 5.75 Å². The van der Waals surface area contributed by atoms with Crippen LogP contribution in [0.4, 0.5) is 5.69 Å². The van der Waals surface area contributed by atoms with Crippen molar-refractivity contribution in [1.29, 1.82) is 0 Å². The Bertz CT molecular complexity index is 836. The van der Waals surface area contributed by atoms with E-state index in [1.165, 1.54) is 11.4 Å². The van der Waals surface area contributed by atoms with Crippen LogP contribution in [0.2, 0.25) is 0 Å². The van der Waals surface area contributed by atoms with Gasteiger partial charge in [0.25, 0.3) is 0 Å². The smallest absolute Gasteiger partial charge is 0.236 e. The van der Waals surface area contributed by atoms with Crippen LogP contribution in [0.3, 0.4) is 0 Å². The number of anilines is 1. The zero-order chi connectivity index (χ0) is 19.9. The van der Waals surface area contributed by atoms with Crippen LogP contribution in [0.25, 0.3) is 0 Å². The van der Waals surface area contributed by atoms with Crippen molar-refractivity contribution in [3.05, 3.63) is 60.2 Å². The van der Waals surface area contributed by atoms with E-state index in [9.17, 15) is 13.2 Å². The van der Waals surface area contributed by atoms with E-state index in [1.54, 1.807) is 31.4 Å². The van der Waals surface area contributed by atoms with Gasteiger partial charge in [-0.3, -0.25) is 9.10 Å². The number of carbonyl (C=O) groups excluding carboxylic acids is 1. The molecule has 1 N–H and O–H groups in total. The van der Waals surface area contributed by atoms with E-state index in [2.05, 4.69) is 5.32 Å². The maximum atomic E-state index is 12.4. The third kappa shape index (κ3) is 5.99. The molecular formula is C20H26N2O4S. The molecule has 1 unspecified atom stereocenters. The monoisotopic (exact) mass is 390 g/mol. The Kier molecular flexibility index (Phi) is 7.24. The van der Waals surface area contributed by atoms with Gasteiger partial charge in [0.2, 0.25) is 15.9 Å². The number of benzene rings is 2. The van der Waals surface area contributed by atoms with E-state index in [1.807, 2.05) is 37.3 Å². The number of methoxy groups -OCH3 is 1. The highest BCUT2D eigenvalue weighted by Gasteiger charge is 2.19. The molecule has 1 atom stereocenters. The fraction of sp³-hybridized carbons (Fsp3) is 0.350. The summed E-state index contributed by atoms with van der Waals surface area (Å²) in [7, 11) is -0.374. The van der Waals surface area contributed by atoms with Crippen LogP contribution in [0.1, 0.15) is 24.8 Å². The molecule has 7 heteroatoms. The molecule has 0 fully saturated rings. The van der Waals surface area contributed by atoms with Crippen LogP contribution < -0.4 is 14.4 Å². The summed E-state index contributed by atoms with van der Waals surface area (Å²) in [4.78, 5) is 12.1. The highest BCUT2D eigenvalue weighted by Crippen LogP contribution is 2.21. The second kappa shape index (κ2) is 9.41. The Balaban J connectivity index is 1.82. The van der Waals surface area contributed by atoms with Gasteiger partial charge in [-0.05, 0) is 35.7 Å². The Morgan fingerprint density at radius 1 is 1.11 bits per heavy atom. The number of sulfonamides is 1. The lowest BCUT2D eigenvalue weighted by Crippen LogP contribution is -2.35. The highest BCUT2D eigenvalue weighted by molar-refractivity contribution is 7.92. The first-order valence-corrected chi connectivity index (χ1v) is 10.4. The molecule has 0 radical (unpaired) electrons. The Morgan fingerprint density at radius 3 is 2.33 bits per heavy atom. The van der Waals surface area contributed by atoms with E-state index in [0.29, 0.717) is 12.1 Å². The standard InChI is InChI=1S/C20H26N2O4S/c1-16(17-9-11-19(26-3)12-10-17)15-20(23)21-13-14-27(24,25)22(2)18-7-5-4-6-8-18/h4-12,16H,13-15H2,1-3H3,(H,21,23). The van der Waals surface area contributed by atoms with Crippen LogP contribution >= 0.6 is 0 Å². The van der Waals surface area contributed by atoms with Crippen molar-refractivity contribution >= 4 is 21.6 Å². The first-order valence-electron chi connectivity index (χ1n) is 8.76. The molecular weight excluding hydrogens is 364 g/mol. The topological polar surface area (TPSA) is 75.7 Å². The first-order chi connectivity index (χ1) is 12.8. The van der Waals surface area contributed by atoms with Gasteiger partial charge in [-0.1, -0.05) is 37.3 Å². The molecule has 0 saturated heterocycles. The number of nitrogens with zero attached hydrogens (tertiary/aromatic N) is 1. The minimum Gasteiger partial charge on any atom is -0.497 e. The van der Waals surface area contributed by atoms with E-state index in [-0.39, 0.29) is 24.1 Å². The molecule has 2 aromatic rings. The van der Waals surface area contributed by atoms with Crippen molar-refractivity contribution < 1.29 is 17.9 Å². The summed E-state index contributed by atoms with van der Waals surface area (Å²) in [6.45, 7) is 2.04. The van der Waals surface area contributed by atoms with Crippen molar-refractivity contribution in [3.63, 3.8) is 0 Å². The zero-order valence-electron chi connectivity index (χ0n) is 15.9. The van der Waals surface area contributed by atoms with Gasteiger partial charge in [0.1, 0.15) is 5.75 Å². The molecule has 0 aliphatic carbocycles. The van der Waals surface area contributed by atoms with E-state index in [4.69, 9.17) is 4.74 Å². The van der Waals surface area contributed by atoms with Crippen molar-refractivity contribution in [1.82, 2.24) is 5.32 Å². The molecule has 1 amide bonds. The average Bonchev–Trinajstić information content (AvgIpc) is 2.67. The quantitative estimate of drug-likeness (QED) is 0.714. The van der Waals surface area contributed by atoms with Gasteiger partial charge >= 0.3 is 0 Å². The number of para-hydroxylation sites is 1. The van der Waals surface area contributed by atoms with Crippen LogP contribution in [-0.4, -0.2) is 40.8 Å². The average molecular weight is 391 g/mol. The molecule has 0 bridgehead atoms. The van der Waals surface area contributed by atoms with Gasteiger partial charge in [-0.2, -0.15) is 0 Å². The minimum absolute atomic E-state index is 0.0273. The summed E-state index contributed by atoms with van der Waals surface area (Å²) in [5.74, 6) is 0.472. The Labute approximate surface area is 161 Å². The molecule has 0 aliphatic heterocycles. The number of hydrogen-bond donors (Lipinski definition) is 1. The number of nitrogens with one attached hydrogen (secondary N) is 1. The van der Waals surface area contributed by atoms with Gasteiger partial charge in [-0.25, -0.2) is 8.42 Å². The van der Waals surface area contributed by atoms with Crippen molar-refractivity contribution in [2.75, 3.05) is 30.8 Å².